The zero-order chi connectivity index (χ0) is 11.4. The largest absolute Gasteiger partial charge is 0.368 e. The van der Waals surface area contributed by atoms with Crippen molar-refractivity contribution < 1.29 is 9.53 Å². The van der Waals surface area contributed by atoms with E-state index < -0.39 is 0 Å². The standard InChI is InChI=1S/C13H19NO2/c1-2-8-16-10-11-4-3-7-14(9-11)13(15)12-5-6-12/h1,11-12H,3-10H2. The summed E-state index contributed by atoms with van der Waals surface area (Å²) in [4.78, 5) is 13.9. The van der Waals surface area contributed by atoms with Crippen LogP contribution in [0.15, 0.2) is 0 Å². The first-order valence-corrected chi connectivity index (χ1v) is 6.11. The van der Waals surface area contributed by atoms with Crippen LogP contribution in [0.1, 0.15) is 25.7 Å². The summed E-state index contributed by atoms with van der Waals surface area (Å²) in [6, 6.07) is 0. The molecular weight excluding hydrogens is 202 g/mol. The Labute approximate surface area is 97.1 Å². The van der Waals surface area contributed by atoms with E-state index in [4.69, 9.17) is 11.2 Å². The van der Waals surface area contributed by atoms with Gasteiger partial charge in [-0.2, -0.15) is 0 Å². The van der Waals surface area contributed by atoms with Crippen LogP contribution in [0.25, 0.3) is 0 Å². The fourth-order valence-corrected chi connectivity index (χ4v) is 2.27. The zero-order valence-corrected chi connectivity index (χ0v) is 9.65. The maximum Gasteiger partial charge on any atom is 0.225 e. The second-order valence-corrected chi connectivity index (χ2v) is 4.79. The van der Waals surface area contributed by atoms with Gasteiger partial charge in [-0.15, -0.1) is 6.42 Å². The third kappa shape index (κ3) is 2.99. The molecule has 1 aliphatic heterocycles. The molecule has 1 saturated carbocycles. The van der Waals surface area contributed by atoms with Crippen LogP contribution in [-0.4, -0.2) is 37.1 Å². The highest BCUT2D eigenvalue weighted by molar-refractivity contribution is 5.81. The SMILES string of the molecule is C#CCOCC1CCCN(C(=O)C2CC2)C1. The maximum absolute atomic E-state index is 11.9. The van der Waals surface area contributed by atoms with Crippen LogP contribution in [0.4, 0.5) is 0 Å². The van der Waals surface area contributed by atoms with Crippen molar-refractivity contribution in [2.24, 2.45) is 11.8 Å². The van der Waals surface area contributed by atoms with Gasteiger partial charge in [0.05, 0.1) is 6.61 Å². The molecule has 0 aromatic rings. The lowest BCUT2D eigenvalue weighted by molar-refractivity contribution is -0.134. The van der Waals surface area contributed by atoms with E-state index in [0.717, 1.165) is 38.8 Å². The number of hydrogen-bond acceptors (Lipinski definition) is 2. The lowest BCUT2D eigenvalue weighted by Crippen LogP contribution is -2.42. The molecule has 0 spiro atoms. The Kier molecular flexibility index (Phi) is 3.84. The van der Waals surface area contributed by atoms with Gasteiger partial charge in [-0.1, -0.05) is 5.92 Å². The fraction of sp³-hybridized carbons (Fsp3) is 0.769. The van der Waals surface area contributed by atoms with Gasteiger partial charge in [-0.25, -0.2) is 0 Å². The summed E-state index contributed by atoms with van der Waals surface area (Å²) in [5, 5.41) is 0. The molecular formula is C13H19NO2. The fourth-order valence-electron chi connectivity index (χ4n) is 2.27. The van der Waals surface area contributed by atoms with Gasteiger partial charge >= 0.3 is 0 Å². The summed E-state index contributed by atoms with van der Waals surface area (Å²) in [5.74, 6) is 3.64. The van der Waals surface area contributed by atoms with Gasteiger partial charge in [0.15, 0.2) is 0 Å². The molecule has 2 rings (SSSR count). The molecule has 3 nitrogen and oxygen atoms in total. The number of amides is 1. The lowest BCUT2D eigenvalue weighted by Gasteiger charge is -2.32. The highest BCUT2D eigenvalue weighted by Gasteiger charge is 2.35. The van der Waals surface area contributed by atoms with Gasteiger partial charge in [0.25, 0.3) is 0 Å². The summed E-state index contributed by atoms with van der Waals surface area (Å²) < 4.78 is 5.35. The Balaban J connectivity index is 1.75. The summed E-state index contributed by atoms with van der Waals surface area (Å²) >= 11 is 0. The number of terminal acetylenes is 1. The average Bonchev–Trinajstić information content (AvgIpc) is 3.13. The second kappa shape index (κ2) is 5.36. The Morgan fingerprint density at radius 1 is 1.44 bits per heavy atom. The predicted octanol–water partition coefficient (Wildman–Crippen LogP) is 1.28. The molecule has 3 heteroatoms. The predicted molar refractivity (Wildman–Crippen MR) is 61.7 cm³/mol. The minimum absolute atomic E-state index is 0.338. The van der Waals surface area contributed by atoms with Gasteiger partial charge < -0.3 is 9.64 Å². The maximum atomic E-state index is 11.9. The van der Waals surface area contributed by atoms with Crippen molar-refractivity contribution in [1.82, 2.24) is 4.90 Å². The molecule has 1 unspecified atom stereocenters. The Hall–Kier alpha value is -1.01. The normalized spacial score (nSPS) is 25.2. The smallest absolute Gasteiger partial charge is 0.225 e. The molecule has 0 bridgehead atoms. The molecule has 0 N–H and O–H groups in total. The van der Waals surface area contributed by atoms with Crippen LogP contribution in [0.3, 0.4) is 0 Å². The van der Waals surface area contributed by atoms with Crippen molar-refractivity contribution >= 4 is 5.91 Å². The van der Waals surface area contributed by atoms with E-state index in [1.807, 2.05) is 4.90 Å². The molecule has 88 valence electrons. The number of likely N-dealkylation sites (tertiary alicyclic amines) is 1. The highest BCUT2D eigenvalue weighted by Crippen LogP contribution is 2.32. The Morgan fingerprint density at radius 3 is 2.94 bits per heavy atom. The van der Waals surface area contributed by atoms with E-state index in [0.29, 0.717) is 31.0 Å². The number of carbonyl (C=O) groups is 1. The molecule has 1 amide bonds. The van der Waals surface area contributed by atoms with Gasteiger partial charge in [0.1, 0.15) is 6.61 Å². The van der Waals surface area contributed by atoms with E-state index in [1.54, 1.807) is 0 Å². The summed E-state index contributed by atoms with van der Waals surface area (Å²) in [6.07, 6.45) is 9.56. The minimum Gasteiger partial charge on any atom is -0.368 e. The number of carbonyl (C=O) groups excluding carboxylic acids is 1. The summed E-state index contributed by atoms with van der Waals surface area (Å²) in [6.45, 7) is 2.87. The first-order chi connectivity index (χ1) is 7.81. The molecule has 16 heavy (non-hydrogen) atoms. The highest BCUT2D eigenvalue weighted by atomic mass is 16.5. The third-order valence-electron chi connectivity index (χ3n) is 3.30. The van der Waals surface area contributed by atoms with Crippen LogP contribution in [0.5, 0.6) is 0 Å². The Morgan fingerprint density at radius 2 is 2.25 bits per heavy atom. The monoisotopic (exact) mass is 221 g/mol. The van der Waals surface area contributed by atoms with Crippen LogP contribution in [0.2, 0.25) is 0 Å². The molecule has 0 aromatic carbocycles. The zero-order valence-electron chi connectivity index (χ0n) is 9.65. The van der Waals surface area contributed by atoms with Crippen LogP contribution in [-0.2, 0) is 9.53 Å². The van der Waals surface area contributed by atoms with Crippen molar-refractivity contribution in [3.63, 3.8) is 0 Å². The molecule has 2 aliphatic rings. The molecule has 0 aromatic heterocycles. The van der Waals surface area contributed by atoms with E-state index >= 15 is 0 Å². The summed E-state index contributed by atoms with van der Waals surface area (Å²) in [5.41, 5.74) is 0. The summed E-state index contributed by atoms with van der Waals surface area (Å²) in [7, 11) is 0. The minimum atomic E-state index is 0.338. The van der Waals surface area contributed by atoms with Crippen molar-refractivity contribution in [2.45, 2.75) is 25.7 Å². The third-order valence-corrected chi connectivity index (χ3v) is 3.30. The number of piperidine rings is 1. The van der Waals surface area contributed by atoms with Gasteiger partial charge in [0, 0.05) is 19.0 Å². The van der Waals surface area contributed by atoms with E-state index in [9.17, 15) is 4.79 Å². The second-order valence-electron chi connectivity index (χ2n) is 4.79. The molecule has 2 fully saturated rings. The Bertz CT molecular complexity index is 291. The number of ether oxygens (including phenoxy) is 1. The molecule has 1 atom stereocenters. The van der Waals surface area contributed by atoms with Crippen LogP contribution < -0.4 is 0 Å². The van der Waals surface area contributed by atoms with Crippen LogP contribution >= 0.6 is 0 Å². The van der Waals surface area contributed by atoms with Crippen molar-refractivity contribution in [2.75, 3.05) is 26.3 Å². The molecule has 1 aliphatic carbocycles. The van der Waals surface area contributed by atoms with Gasteiger partial charge in [-0.3, -0.25) is 4.79 Å². The number of hydrogen-bond donors (Lipinski definition) is 0. The van der Waals surface area contributed by atoms with Crippen LogP contribution in [0, 0.1) is 24.2 Å². The quantitative estimate of drug-likeness (QED) is 0.529. The lowest BCUT2D eigenvalue weighted by atomic mass is 9.98. The molecule has 0 radical (unpaired) electrons. The topological polar surface area (TPSA) is 29.5 Å². The van der Waals surface area contributed by atoms with E-state index in [1.165, 1.54) is 0 Å². The van der Waals surface area contributed by atoms with Crippen molar-refractivity contribution in [3.05, 3.63) is 0 Å². The average molecular weight is 221 g/mol. The first-order valence-electron chi connectivity index (χ1n) is 6.11. The van der Waals surface area contributed by atoms with E-state index in [-0.39, 0.29) is 0 Å². The number of rotatable bonds is 4. The number of nitrogens with zero attached hydrogens (tertiary/aromatic N) is 1. The van der Waals surface area contributed by atoms with Gasteiger partial charge in [0.2, 0.25) is 5.91 Å². The van der Waals surface area contributed by atoms with Crippen molar-refractivity contribution in [1.29, 1.82) is 0 Å². The van der Waals surface area contributed by atoms with Gasteiger partial charge in [-0.05, 0) is 31.6 Å². The van der Waals surface area contributed by atoms with Crippen molar-refractivity contribution in [3.8, 4) is 12.3 Å². The van der Waals surface area contributed by atoms with E-state index in [2.05, 4.69) is 5.92 Å². The molecule has 1 saturated heterocycles. The first kappa shape index (κ1) is 11.5. The molecule has 1 heterocycles.